The van der Waals surface area contributed by atoms with Gasteiger partial charge >= 0.3 is 0 Å². The molecule has 3 N–H and O–H groups in total. The van der Waals surface area contributed by atoms with Crippen LogP contribution in [-0.4, -0.2) is 35.4 Å². The van der Waals surface area contributed by atoms with Crippen LogP contribution < -0.4 is 11.1 Å². The monoisotopic (exact) mass is 396 g/mol. The molecular weight excluding hydrogens is 379 g/mol. The molecule has 5 nitrogen and oxygen atoms in total. The number of carbonyl (C=O) groups excluding carboxylic acids is 1. The molecule has 1 fully saturated rings. The number of nitrogens with zero attached hydrogens (tertiary/aromatic N) is 2. The summed E-state index contributed by atoms with van der Waals surface area (Å²) in [5, 5.41) is 3.52. The SMILES string of the molecule is Cl.NC1=NC2(CCN(C(=O)c3ccc(Cl)s3)CC2)Nc2ccccc21. The van der Waals surface area contributed by atoms with Gasteiger partial charge in [-0.25, -0.2) is 4.99 Å². The summed E-state index contributed by atoms with van der Waals surface area (Å²) in [4.78, 5) is 19.8. The molecule has 0 aliphatic carbocycles. The van der Waals surface area contributed by atoms with Gasteiger partial charge in [-0.05, 0) is 24.3 Å². The number of nitrogens with two attached hydrogens (primary N) is 1. The van der Waals surface area contributed by atoms with Gasteiger partial charge in [0, 0.05) is 37.2 Å². The summed E-state index contributed by atoms with van der Waals surface area (Å²) < 4.78 is 0.634. The zero-order valence-corrected chi connectivity index (χ0v) is 15.8. The third-order valence-electron chi connectivity index (χ3n) is 4.57. The van der Waals surface area contributed by atoms with Gasteiger partial charge in [-0.15, -0.1) is 23.7 Å². The van der Waals surface area contributed by atoms with E-state index in [1.165, 1.54) is 11.3 Å². The molecule has 2 aliphatic heterocycles. The van der Waals surface area contributed by atoms with Gasteiger partial charge in [-0.3, -0.25) is 4.79 Å². The van der Waals surface area contributed by atoms with Crippen LogP contribution in [0.15, 0.2) is 41.4 Å². The number of carbonyl (C=O) groups is 1. The first-order valence-corrected chi connectivity index (χ1v) is 9.03. The maximum Gasteiger partial charge on any atom is 0.263 e. The van der Waals surface area contributed by atoms with E-state index in [4.69, 9.17) is 22.3 Å². The maximum atomic E-state index is 12.5. The minimum absolute atomic E-state index is 0. The Hall–Kier alpha value is -1.76. The van der Waals surface area contributed by atoms with E-state index in [0.29, 0.717) is 28.1 Å². The second kappa shape index (κ2) is 6.86. The molecule has 1 spiro atoms. The van der Waals surface area contributed by atoms with Crippen LogP contribution in [0.1, 0.15) is 28.1 Å². The van der Waals surface area contributed by atoms with E-state index < -0.39 is 5.66 Å². The standard InChI is InChI=1S/C17H17ClN4OS.ClH/c18-14-6-5-13(24-14)16(23)22-9-7-17(8-10-22)20-12-4-2-1-3-11(12)15(19)21-17;/h1-6,20H,7-10H2,(H2,19,21);1H. The number of fused-ring (bicyclic) bond motifs is 1. The Balaban J connectivity index is 0.00000182. The van der Waals surface area contributed by atoms with Gasteiger partial charge in [0.2, 0.25) is 0 Å². The average molecular weight is 397 g/mol. The van der Waals surface area contributed by atoms with Gasteiger partial charge in [0.15, 0.2) is 0 Å². The number of hydrogen-bond acceptors (Lipinski definition) is 5. The highest BCUT2D eigenvalue weighted by Gasteiger charge is 2.39. The Morgan fingerprint density at radius 1 is 1.24 bits per heavy atom. The van der Waals surface area contributed by atoms with Crippen molar-refractivity contribution in [3.05, 3.63) is 51.2 Å². The van der Waals surface area contributed by atoms with Crippen molar-refractivity contribution in [3.63, 3.8) is 0 Å². The Bertz CT molecular complexity index is 828. The third kappa shape index (κ3) is 3.34. The van der Waals surface area contributed by atoms with E-state index in [9.17, 15) is 4.79 Å². The van der Waals surface area contributed by atoms with Gasteiger partial charge in [0.25, 0.3) is 5.91 Å². The first-order valence-electron chi connectivity index (χ1n) is 7.84. The highest BCUT2D eigenvalue weighted by molar-refractivity contribution is 7.17. The molecule has 3 heterocycles. The van der Waals surface area contributed by atoms with E-state index in [1.807, 2.05) is 29.2 Å². The number of likely N-dealkylation sites (tertiary alicyclic amines) is 1. The van der Waals surface area contributed by atoms with E-state index in [0.717, 1.165) is 24.1 Å². The minimum Gasteiger partial charge on any atom is -0.383 e. The zero-order chi connectivity index (χ0) is 16.7. The van der Waals surface area contributed by atoms with E-state index in [-0.39, 0.29) is 18.3 Å². The Morgan fingerprint density at radius 2 is 1.96 bits per heavy atom. The number of anilines is 1. The van der Waals surface area contributed by atoms with Crippen LogP contribution in [-0.2, 0) is 0 Å². The van der Waals surface area contributed by atoms with Gasteiger partial charge < -0.3 is 16.0 Å². The molecule has 132 valence electrons. The first kappa shape index (κ1) is 18.0. The molecule has 25 heavy (non-hydrogen) atoms. The number of amidine groups is 1. The number of para-hydroxylation sites is 1. The van der Waals surface area contributed by atoms with Crippen molar-refractivity contribution in [2.45, 2.75) is 18.5 Å². The lowest BCUT2D eigenvalue weighted by atomic mass is 9.93. The van der Waals surface area contributed by atoms with Crippen LogP contribution >= 0.6 is 35.3 Å². The summed E-state index contributed by atoms with van der Waals surface area (Å²) in [5.74, 6) is 0.601. The van der Waals surface area contributed by atoms with Gasteiger partial charge in [-0.1, -0.05) is 23.7 Å². The number of thiophene rings is 1. The van der Waals surface area contributed by atoms with E-state index in [1.54, 1.807) is 12.1 Å². The summed E-state index contributed by atoms with van der Waals surface area (Å²) in [5.41, 5.74) is 7.69. The molecule has 1 aromatic heterocycles. The smallest absolute Gasteiger partial charge is 0.263 e. The fourth-order valence-corrected chi connectivity index (χ4v) is 4.30. The lowest BCUT2D eigenvalue weighted by Gasteiger charge is -2.42. The highest BCUT2D eigenvalue weighted by atomic mass is 35.5. The molecule has 1 amide bonds. The van der Waals surface area contributed by atoms with Crippen molar-refractivity contribution >= 4 is 52.8 Å². The largest absolute Gasteiger partial charge is 0.383 e. The van der Waals surface area contributed by atoms with Crippen LogP contribution in [0.3, 0.4) is 0 Å². The molecule has 0 radical (unpaired) electrons. The number of piperidine rings is 1. The lowest BCUT2D eigenvalue weighted by Crippen LogP contribution is -2.52. The van der Waals surface area contributed by atoms with Crippen LogP contribution in [0.4, 0.5) is 5.69 Å². The zero-order valence-electron chi connectivity index (χ0n) is 13.4. The first-order chi connectivity index (χ1) is 11.6. The fraction of sp³-hybridized carbons (Fsp3) is 0.294. The predicted octanol–water partition coefficient (Wildman–Crippen LogP) is 3.59. The van der Waals surface area contributed by atoms with Crippen LogP contribution in [0.2, 0.25) is 4.34 Å². The molecule has 2 aliphatic rings. The van der Waals surface area contributed by atoms with Crippen molar-refractivity contribution in [1.29, 1.82) is 0 Å². The maximum absolute atomic E-state index is 12.5. The number of benzene rings is 1. The predicted molar refractivity (Wildman–Crippen MR) is 105 cm³/mol. The molecule has 0 saturated carbocycles. The van der Waals surface area contributed by atoms with Crippen LogP contribution in [0, 0.1) is 0 Å². The molecule has 1 saturated heterocycles. The molecule has 2 aromatic rings. The summed E-state index contributed by atoms with van der Waals surface area (Å²) in [6.45, 7) is 1.28. The fourth-order valence-electron chi connectivity index (χ4n) is 3.29. The summed E-state index contributed by atoms with van der Waals surface area (Å²) in [6, 6.07) is 11.5. The number of aliphatic imine (C=N–C) groups is 1. The Labute approximate surface area is 161 Å². The number of nitrogens with one attached hydrogen (secondary N) is 1. The average Bonchev–Trinajstić information content (AvgIpc) is 3.01. The molecule has 4 rings (SSSR count). The third-order valence-corrected chi connectivity index (χ3v) is 5.79. The normalized spacial score (nSPS) is 18.0. The van der Waals surface area contributed by atoms with Crippen LogP contribution in [0.5, 0.6) is 0 Å². The van der Waals surface area contributed by atoms with Crippen molar-refractivity contribution in [2.75, 3.05) is 18.4 Å². The van der Waals surface area contributed by atoms with Crippen LogP contribution in [0.25, 0.3) is 0 Å². The molecule has 1 aromatic carbocycles. The number of rotatable bonds is 1. The van der Waals surface area contributed by atoms with Crippen molar-refractivity contribution in [2.24, 2.45) is 10.7 Å². The van der Waals surface area contributed by atoms with Crippen molar-refractivity contribution in [1.82, 2.24) is 4.90 Å². The Morgan fingerprint density at radius 3 is 2.64 bits per heavy atom. The van der Waals surface area contributed by atoms with Gasteiger partial charge in [-0.2, -0.15) is 0 Å². The number of hydrogen-bond donors (Lipinski definition) is 2. The lowest BCUT2D eigenvalue weighted by molar-refractivity contribution is 0.0690. The van der Waals surface area contributed by atoms with E-state index >= 15 is 0 Å². The second-order valence-corrected chi connectivity index (χ2v) is 7.81. The summed E-state index contributed by atoms with van der Waals surface area (Å²) in [6.07, 6.45) is 1.46. The molecule has 0 bridgehead atoms. The topological polar surface area (TPSA) is 70.7 Å². The number of halogens is 2. The molecule has 0 atom stereocenters. The van der Waals surface area contributed by atoms with Gasteiger partial charge in [0.1, 0.15) is 11.5 Å². The van der Waals surface area contributed by atoms with Gasteiger partial charge in [0.05, 0.1) is 9.21 Å². The van der Waals surface area contributed by atoms with E-state index in [2.05, 4.69) is 5.32 Å². The molecule has 8 heteroatoms. The minimum atomic E-state index is -0.414. The highest BCUT2D eigenvalue weighted by Crippen LogP contribution is 2.34. The molecule has 0 unspecified atom stereocenters. The summed E-state index contributed by atoms with van der Waals surface area (Å²) >= 11 is 7.25. The quantitative estimate of drug-likeness (QED) is 0.773. The van der Waals surface area contributed by atoms with Crippen molar-refractivity contribution in [3.8, 4) is 0 Å². The number of amides is 1. The second-order valence-electron chi connectivity index (χ2n) is 6.10. The van der Waals surface area contributed by atoms with Crippen molar-refractivity contribution < 1.29 is 4.79 Å². The summed E-state index contributed by atoms with van der Waals surface area (Å²) in [7, 11) is 0. The molecular formula is C17H18Cl2N4OS. The Kier molecular flexibility index (Phi) is 4.95.